The van der Waals surface area contributed by atoms with Gasteiger partial charge in [0.25, 0.3) is 0 Å². The number of rotatable bonds is 5. The number of phenolic OH excluding ortho intramolecular Hbond substituents is 1. The number of aromatic hydroxyl groups is 1. The second-order valence-electron chi connectivity index (χ2n) is 4.78. The zero-order chi connectivity index (χ0) is 14.7. The Morgan fingerprint density at radius 1 is 1.30 bits per heavy atom. The van der Waals surface area contributed by atoms with Gasteiger partial charge in [-0.1, -0.05) is 11.6 Å². The molecule has 3 nitrogen and oxygen atoms in total. The van der Waals surface area contributed by atoms with Gasteiger partial charge in [-0.2, -0.15) is 0 Å². The van der Waals surface area contributed by atoms with Crippen LogP contribution in [0.15, 0.2) is 30.3 Å². The molecular weight excluding hydrogens is 294 g/mol. The van der Waals surface area contributed by atoms with Crippen molar-refractivity contribution in [2.75, 3.05) is 7.05 Å². The van der Waals surface area contributed by atoms with E-state index in [0.29, 0.717) is 12.1 Å². The molecule has 0 saturated heterocycles. The van der Waals surface area contributed by atoms with Crippen LogP contribution >= 0.6 is 22.9 Å². The summed E-state index contributed by atoms with van der Waals surface area (Å²) in [6.07, 6.45) is 0. The van der Waals surface area contributed by atoms with E-state index in [2.05, 4.69) is 4.90 Å². The van der Waals surface area contributed by atoms with Gasteiger partial charge in [0.05, 0.1) is 4.34 Å². The molecule has 0 aliphatic heterocycles. The molecule has 0 fully saturated rings. The summed E-state index contributed by atoms with van der Waals surface area (Å²) in [5.74, 6) is 0.213. The first-order valence-electron chi connectivity index (χ1n) is 6.21. The summed E-state index contributed by atoms with van der Waals surface area (Å²) in [5, 5.41) is 9.88. The lowest BCUT2D eigenvalue weighted by Gasteiger charge is -2.17. The highest BCUT2D eigenvalue weighted by molar-refractivity contribution is 7.16. The van der Waals surface area contributed by atoms with Gasteiger partial charge < -0.3 is 5.11 Å². The van der Waals surface area contributed by atoms with Crippen molar-refractivity contribution in [3.63, 3.8) is 0 Å². The molecule has 0 spiro atoms. The SMILES string of the molecule is CC(=O)c1ccc(O)c(CN(C)Cc2ccc(Cl)s2)c1. The van der Waals surface area contributed by atoms with Crippen molar-refractivity contribution < 1.29 is 9.90 Å². The zero-order valence-electron chi connectivity index (χ0n) is 11.4. The highest BCUT2D eigenvalue weighted by Gasteiger charge is 2.09. The van der Waals surface area contributed by atoms with Crippen LogP contribution in [0.4, 0.5) is 0 Å². The third kappa shape index (κ3) is 3.82. The minimum atomic E-state index is -0.000980. The normalized spacial score (nSPS) is 11.0. The van der Waals surface area contributed by atoms with Crippen molar-refractivity contribution in [1.82, 2.24) is 4.90 Å². The van der Waals surface area contributed by atoms with E-state index in [9.17, 15) is 9.90 Å². The molecule has 0 radical (unpaired) electrons. The molecule has 1 N–H and O–H groups in total. The second kappa shape index (κ2) is 6.39. The van der Waals surface area contributed by atoms with Crippen LogP contribution in [0, 0.1) is 0 Å². The van der Waals surface area contributed by atoms with Crippen LogP contribution in [0.2, 0.25) is 4.34 Å². The number of phenols is 1. The summed E-state index contributed by atoms with van der Waals surface area (Å²) < 4.78 is 0.773. The Labute approximate surface area is 127 Å². The average Bonchev–Trinajstić information content (AvgIpc) is 2.77. The molecule has 106 valence electrons. The summed E-state index contributed by atoms with van der Waals surface area (Å²) in [6, 6.07) is 8.83. The fourth-order valence-corrected chi connectivity index (χ4v) is 3.15. The molecular formula is C15H16ClNO2S. The lowest BCUT2D eigenvalue weighted by Crippen LogP contribution is -2.16. The number of thiophene rings is 1. The van der Waals surface area contributed by atoms with Crippen LogP contribution in [0.5, 0.6) is 5.75 Å². The molecule has 5 heteroatoms. The molecule has 0 bridgehead atoms. The number of carbonyl (C=O) groups is 1. The molecule has 0 unspecified atom stereocenters. The minimum absolute atomic E-state index is 0.000980. The fourth-order valence-electron chi connectivity index (χ4n) is 1.98. The van der Waals surface area contributed by atoms with E-state index in [4.69, 9.17) is 11.6 Å². The van der Waals surface area contributed by atoms with Gasteiger partial charge in [0.15, 0.2) is 5.78 Å². The first-order valence-corrected chi connectivity index (χ1v) is 7.40. The number of hydrogen-bond donors (Lipinski definition) is 1. The van der Waals surface area contributed by atoms with Crippen molar-refractivity contribution >= 4 is 28.7 Å². The molecule has 1 heterocycles. The van der Waals surface area contributed by atoms with Gasteiger partial charge in [-0.3, -0.25) is 9.69 Å². The number of hydrogen-bond acceptors (Lipinski definition) is 4. The van der Waals surface area contributed by atoms with Crippen LogP contribution in [0.3, 0.4) is 0 Å². The van der Waals surface area contributed by atoms with E-state index in [1.54, 1.807) is 29.5 Å². The van der Waals surface area contributed by atoms with Crippen molar-refractivity contribution in [3.8, 4) is 5.75 Å². The smallest absolute Gasteiger partial charge is 0.159 e. The number of carbonyl (C=O) groups excluding carboxylic acids is 1. The van der Waals surface area contributed by atoms with Gasteiger partial charge in [-0.05, 0) is 44.3 Å². The van der Waals surface area contributed by atoms with Gasteiger partial charge in [0.1, 0.15) is 5.75 Å². The molecule has 2 aromatic rings. The zero-order valence-corrected chi connectivity index (χ0v) is 13.0. The monoisotopic (exact) mass is 309 g/mol. The summed E-state index contributed by atoms with van der Waals surface area (Å²) in [5.41, 5.74) is 1.37. The molecule has 0 aliphatic rings. The maximum atomic E-state index is 11.4. The molecule has 1 aromatic heterocycles. The summed E-state index contributed by atoms with van der Waals surface area (Å²) >= 11 is 7.45. The Morgan fingerprint density at radius 2 is 2.05 bits per heavy atom. The Morgan fingerprint density at radius 3 is 2.65 bits per heavy atom. The molecule has 0 atom stereocenters. The summed E-state index contributed by atoms with van der Waals surface area (Å²) in [4.78, 5) is 14.6. The van der Waals surface area contributed by atoms with Gasteiger partial charge in [-0.25, -0.2) is 0 Å². The topological polar surface area (TPSA) is 40.5 Å². The van der Waals surface area contributed by atoms with E-state index in [0.717, 1.165) is 16.4 Å². The van der Waals surface area contributed by atoms with Gasteiger partial charge in [0, 0.05) is 29.1 Å². The third-order valence-corrected chi connectivity index (χ3v) is 4.20. The van der Waals surface area contributed by atoms with Crippen LogP contribution < -0.4 is 0 Å². The fraction of sp³-hybridized carbons (Fsp3) is 0.267. The quantitative estimate of drug-likeness (QED) is 0.850. The largest absolute Gasteiger partial charge is 0.508 e. The maximum Gasteiger partial charge on any atom is 0.159 e. The minimum Gasteiger partial charge on any atom is -0.508 e. The van der Waals surface area contributed by atoms with Crippen LogP contribution in [0.25, 0.3) is 0 Å². The van der Waals surface area contributed by atoms with Crippen molar-refractivity contribution in [3.05, 3.63) is 50.7 Å². The standard InChI is InChI=1S/C15H16ClNO2S/c1-10(18)11-3-5-14(19)12(7-11)8-17(2)9-13-4-6-15(16)20-13/h3-7,19H,8-9H2,1-2H3. The molecule has 0 saturated carbocycles. The van der Waals surface area contributed by atoms with Crippen LogP contribution in [0.1, 0.15) is 27.7 Å². The van der Waals surface area contributed by atoms with Crippen LogP contribution in [-0.4, -0.2) is 22.8 Å². The molecule has 0 amide bonds. The predicted molar refractivity (Wildman–Crippen MR) is 82.6 cm³/mol. The maximum absolute atomic E-state index is 11.4. The molecule has 20 heavy (non-hydrogen) atoms. The number of ketones is 1. The van der Waals surface area contributed by atoms with Gasteiger partial charge >= 0.3 is 0 Å². The lowest BCUT2D eigenvalue weighted by atomic mass is 10.1. The molecule has 0 aliphatic carbocycles. The van der Waals surface area contributed by atoms with E-state index in [1.165, 1.54) is 11.8 Å². The lowest BCUT2D eigenvalue weighted by molar-refractivity contribution is 0.101. The van der Waals surface area contributed by atoms with Gasteiger partial charge in [0.2, 0.25) is 0 Å². The Bertz CT molecular complexity index is 624. The van der Waals surface area contributed by atoms with E-state index >= 15 is 0 Å². The second-order valence-corrected chi connectivity index (χ2v) is 6.58. The number of benzene rings is 1. The van der Waals surface area contributed by atoms with E-state index in [1.807, 2.05) is 19.2 Å². The van der Waals surface area contributed by atoms with E-state index < -0.39 is 0 Å². The predicted octanol–water partition coefficient (Wildman–Crippen LogP) is 3.94. The number of Topliss-reactive ketones (excluding diaryl/α,β-unsaturated/α-hetero) is 1. The third-order valence-electron chi connectivity index (χ3n) is 2.98. The van der Waals surface area contributed by atoms with Gasteiger partial charge in [-0.15, -0.1) is 11.3 Å². The highest BCUT2D eigenvalue weighted by Crippen LogP contribution is 2.24. The average molecular weight is 310 g/mol. The van der Waals surface area contributed by atoms with Crippen LogP contribution in [-0.2, 0) is 13.1 Å². The van der Waals surface area contributed by atoms with Crippen molar-refractivity contribution in [1.29, 1.82) is 0 Å². The Kier molecular flexibility index (Phi) is 4.81. The Balaban J connectivity index is 2.08. The Hall–Kier alpha value is -1.36. The number of halogens is 1. The van der Waals surface area contributed by atoms with E-state index in [-0.39, 0.29) is 11.5 Å². The summed E-state index contributed by atoms with van der Waals surface area (Å²) in [6.45, 7) is 2.84. The number of nitrogens with zero attached hydrogens (tertiary/aromatic N) is 1. The first-order chi connectivity index (χ1) is 9.45. The molecule has 2 rings (SSSR count). The van der Waals surface area contributed by atoms with Crippen molar-refractivity contribution in [2.24, 2.45) is 0 Å². The summed E-state index contributed by atoms with van der Waals surface area (Å²) in [7, 11) is 1.97. The molecule has 1 aromatic carbocycles. The first kappa shape index (κ1) is 15.0. The van der Waals surface area contributed by atoms with Crippen molar-refractivity contribution in [2.45, 2.75) is 20.0 Å². The highest BCUT2D eigenvalue weighted by atomic mass is 35.5.